The Bertz CT molecular complexity index is 392. The van der Waals surface area contributed by atoms with Crippen LogP contribution in [0.4, 0.5) is 0 Å². The van der Waals surface area contributed by atoms with Crippen LogP contribution in [0.1, 0.15) is 19.4 Å². The van der Waals surface area contributed by atoms with E-state index in [2.05, 4.69) is 0 Å². The number of rotatable bonds is 2. The zero-order valence-electron chi connectivity index (χ0n) is 8.11. The fourth-order valence-corrected chi connectivity index (χ4v) is 1.24. The van der Waals surface area contributed by atoms with E-state index in [1.165, 1.54) is 25.1 Å². The minimum Gasteiger partial charge on any atom is -0.508 e. The number of phenols is 2. The van der Waals surface area contributed by atoms with Gasteiger partial charge in [-0.15, -0.1) is 0 Å². The number of carbonyl (C=O) groups is 1. The zero-order valence-corrected chi connectivity index (χ0v) is 8.11. The van der Waals surface area contributed by atoms with Crippen LogP contribution in [-0.4, -0.2) is 16.0 Å². The molecule has 0 aliphatic rings. The van der Waals surface area contributed by atoms with Crippen LogP contribution in [0.5, 0.6) is 11.5 Å². The quantitative estimate of drug-likeness (QED) is 0.705. The van der Waals surface area contributed by atoms with Crippen LogP contribution in [0.15, 0.2) is 24.3 Å². The molecule has 0 aliphatic carbocycles. The minimum atomic E-state index is -0.0741. The third-order valence-corrected chi connectivity index (χ3v) is 1.83. The first-order valence-electron chi connectivity index (χ1n) is 4.22. The molecule has 0 saturated heterocycles. The maximum Gasteiger partial charge on any atom is 0.152 e. The molecule has 2 N–H and O–H groups in total. The molecule has 74 valence electrons. The average molecular weight is 192 g/mol. The molecule has 14 heavy (non-hydrogen) atoms. The van der Waals surface area contributed by atoms with Gasteiger partial charge >= 0.3 is 0 Å². The summed E-state index contributed by atoms with van der Waals surface area (Å²) >= 11 is 0. The maximum atomic E-state index is 10.8. The molecule has 0 bridgehead atoms. The summed E-state index contributed by atoms with van der Waals surface area (Å²) in [5.41, 5.74) is 1.23. The van der Waals surface area contributed by atoms with Gasteiger partial charge in [0.15, 0.2) is 5.78 Å². The molecule has 0 fully saturated rings. The third-order valence-electron chi connectivity index (χ3n) is 1.83. The van der Waals surface area contributed by atoms with E-state index in [1.54, 1.807) is 13.0 Å². The summed E-state index contributed by atoms with van der Waals surface area (Å²) in [5, 5.41) is 18.5. The molecule has 1 aromatic carbocycles. The Kier molecular flexibility index (Phi) is 2.92. The first-order chi connectivity index (χ1) is 6.50. The average Bonchev–Trinajstić information content (AvgIpc) is 2.01. The first-order valence-corrected chi connectivity index (χ1v) is 4.22. The zero-order chi connectivity index (χ0) is 10.7. The molecule has 1 rings (SSSR count). The number of allylic oxidation sites excluding steroid dienone is 2. The van der Waals surface area contributed by atoms with E-state index >= 15 is 0 Å². The van der Waals surface area contributed by atoms with E-state index in [0.29, 0.717) is 11.1 Å². The van der Waals surface area contributed by atoms with Gasteiger partial charge in [-0.1, -0.05) is 0 Å². The van der Waals surface area contributed by atoms with Gasteiger partial charge in [0.1, 0.15) is 11.5 Å². The van der Waals surface area contributed by atoms with E-state index in [1.807, 2.05) is 0 Å². The largest absolute Gasteiger partial charge is 0.508 e. The molecule has 0 spiro atoms. The van der Waals surface area contributed by atoms with E-state index in [4.69, 9.17) is 5.11 Å². The molecule has 0 amide bonds. The number of benzene rings is 1. The molecule has 0 saturated carbocycles. The summed E-state index contributed by atoms with van der Waals surface area (Å²) in [5.74, 6) is -0.100. The monoisotopic (exact) mass is 192 g/mol. The smallest absolute Gasteiger partial charge is 0.152 e. The molecule has 0 atom stereocenters. The lowest BCUT2D eigenvalue weighted by molar-refractivity contribution is -0.112. The van der Waals surface area contributed by atoms with Crippen LogP contribution < -0.4 is 0 Å². The van der Waals surface area contributed by atoms with Gasteiger partial charge in [-0.3, -0.25) is 4.79 Å². The van der Waals surface area contributed by atoms with Gasteiger partial charge in [0.25, 0.3) is 0 Å². The van der Waals surface area contributed by atoms with E-state index in [9.17, 15) is 9.90 Å². The highest BCUT2D eigenvalue weighted by Gasteiger charge is 2.04. The highest BCUT2D eigenvalue weighted by Crippen LogP contribution is 2.28. The highest BCUT2D eigenvalue weighted by molar-refractivity contribution is 5.95. The fraction of sp³-hybridized carbons (Fsp3) is 0.182. The van der Waals surface area contributed by atoms with Crippen molar-refractivity contribution in [2.75, 3.05) is 0 Å². The second kappa shape index (κ2) is 3.96. The van der Waals surface area contributed by atoms with Crippen molar-refractivity contribution in [2.45, 2.75) is 13.8 Å². The molecular formula is C11H12O3. The van der Waals surface area contributed by atoms with Crippen LogP contribution >= 0.6 is 0 Å². The minimum absolute atomic E-state index is 0.00174. The van der Waals surface area contributed by atoms with E-state index in [-0.39, 0.29) is 17.3 Å². The Hall–Kier alpha value is -1.77. The van der Waals surface area contributed by atoms with Crippen molar-refractivity contribution >= 4 is 11.4 Å². The van der Waals surface area contributed by atoms with Gasteiger partial charge in [0, 0.05) is 11.6 Å². The topological polar surface area (TPSA) is 57.5 Å². The van der Waals surface area contributed by atoms with Gasteiger partial charge in [-0.25, -0.2) is 0 Å². The van der Waals surface area contributed by atoms with Crippen molar-refractivity contribution in [3.05, 3.63) is 29.8 Å². The first kappa shape index (κ1) is 10.3. The molecular weight excluding hydrogens is 180 g/mol. The fourth-order valence-electron chi connectivity index (χ4n) is 1.24. The number of hydrogen-bond donors (Lipinski definition) is 2. The van der Waals surface area contributed by atoms with Gasteiger partial charge in [0.05, 0.1) is 0 Å². The molecule has 0 aliphatic heterocycles. The molecule has 3 heteroatoms. The third kappa shape index (κ3) is 2.36. The van der Waals surface area contributed by atoms with Crippen molar-refractivity contribution in [1.82, 2.24) is 0 Å². The Morgan fingerprint density at radius 2 is 1.93 bits per heavy atom. The Morgan fingerprint density at radius 3 is 2.43 bits per heavy atom. The van der Waals surface area contributed by atoms with Crippen molar-refractivity contribution in [2.24, 2.45) is 0 Å². The normalized spacial score (nSPS) is 11.4. The predicted molar refractivity (Wildman–Crippen MR) is 54.1 cm³/mol. The lowest BCUT2D eigenvalue weighted by atomic mass is 10.1. The Labute approximate surface area is 82.3 Å². The van der Waals surface area contributed by atoms with Gasteiger partial charge in [-0.2, -0.15) is 0 Å². The summed E-state index contributed by atoms with van der Waals surface area (Å²) in [4.78, 5) is 10.8. The number of ketones is 1. The summed E-state index contributed by atoms with van der Waals surface area (Å²) in [6.07, 6.45) is 1.44. The number of phenolic OH excluding ortho intramolecular Hbond substituents is 2. The van der Waals surface area contributed by atoms with Crippen molar-refractivity contribution < 1.29 is 15.0 Å². The van der Waals surface area contributed by atoms with Gasteiger partial charge in [0.2, 0.25) is 0 Å². The predicted octanol–water partition coefficient (Wildman–Crippen LogP) is 2.09. The second-order valence-corrected chi connectivity index (χ2v) is 3.14. The second-order valence-electron chi connectivity index (χ2n) is 3.14. The number of aromatic hydroxyl groups is 2. The lowest BCUT2D eigenvalue weighted by Gasteiger charge is -2.04. The molecule has 0 unspecified atom stereocenters. The molecule has 3 nitrogen and oxygen atoms in total. The maximum absolute atomic E-state index is 10.8. The Balaban J connectivity index is 3.14. The summed E-state index contributed by atoms with van der Waals surface area (Å²) in [6.45, 7) is 3.18. The molecule has 0 heterocycles. The Morgan fingerprint density at radius 1 is 1.29 bits per heavy atom. The summed E-state index contributed by atoms with van der Waals surface area (Å²) < 4.78 is 0. The van der Waals surface area contributed by atoms with Crippen LogP contribution in [0.3, 0.4) is 0 Å². The number of hydrogen-bond acceptors (Lipinski definition) is 3. The lowest BCUT2D eigenvalue weighted by Crippen LogP contribution is -1.86. The van der Waals surface area contributed by atoms with E-state index < -0.39 is 0 Å². The summed E-state index contributed by atoms with van der Waals surface area (Å²) in [7, 11) is 0. The van der Waals surface area contributed by atoms with Crippen LogP contribution in [0.2, 0.25) is 0 Å². The van der Waals surface area contributed by atoms with Gasteiger partial charge in [-0.05, 0) is 37.6 Å². The molecule has 0 radical (unpaired) electrons. The SMILES string of the molecule is CC(=O)/C=C(/C)c1ccc(O)cc1O. The van der Waals surface area contributed by atoms with Crippen molar-refractivity contribution in [1.29, 1.82) is 0 Å². The number of carbonyl (C=O) groups excluding carboxylic acids is 1. The molecule has 1 aromatic rings. The van der Waals surface area contributed by atoms with Crippen LogP contribution in [0.25, 0.3) is 5.57 Å². The van der Waals surface area contributed by atoms with Crippen LogP contribution in [0, 0.1) is 0 Å². The van der Waals surface area contributed by atoms with Crippen molar-refractivity contribution in [3.8, 4) is 11.5 Å². The van der Waals surface area contributed by atoms with Crippen molar-refractivity contribution in [3.63, 3.8) is 0 Å². The van der Waals surface area contributed by atoms with Gasteiger partial charge < -0.3 is 10.2 Å². The summed E-state index contributed by atoms with van der Waals surface area (Å²) in [6, 6.07) is 4.28. The highest BCUT2D eigenvalue weighted by atomic mass is 16.3. The standard InChI is InChI=1S/C11H12O3/c1-7(5-8(2)12)10-4-3-9(13)6-11(10)14/h3-6,13-14H,1-2H3/b7-5-. The molecule has 0 aromatic heterocycles. The van der Waals surface area contributed by atoms with Crippen LogP contribution in [-0.2, 0) is 4.79 Å². The van der Waals surface area contributed by atoms with E-state index in [0.717, 1.165) is 0 Å².